The summed E-state index contributed by atoms with van der Waals surface area (Å²) in [6.45, 7) is 7.77. The maximum absolute atomic E-state index is 13.1. The van der Waals surface area contributed by atoms with Crippen molar-refractivity contribution >= 4 is 39.6 Å². The van der Waals surface area contributed by atoms with Gasteiger partial charge in [-0.15, -0.1) is 0 Å². The number of aryl methyl sites for hydroxylation is 2. The van der Waals surface area contributed by atoms with E-state index in [0.29, 0.717) is 27.4 Å². The van der Waals surface area contributed by atoms with E-state index in [1.54, 1.807) is 17.4 Å². The van der Waals surface area contributed by atoms with Gasteiger partial charge >= 0.3 is 0 Å². The fourth-order valence-corrected chi connectivity index (χ4v) is 4.38. The molecule has 4 rings (SSSR count). The molecule has 0 bridgehead atoms. The number of thiophene rings is 1. The Morgan fingerprint density at radius 3 is 2.66 bits per heavy atom. The van der Waals surface area contributed by atoms with E-state index >= 15 is 0 Å². The summed E-state index contributed by atoms with van der Waals surface area (Å²) in [6, 6.07) is 9.51. The Hall–Kier alpha value is -2.63. The molecule has 0 aliphatic heterocycles. The van der Waals surface area contributed by atoms with Gasteiger partial charge in [0.1, 0.15) is 16.5 Å². The van der Waals surface area contributed by atoms with Crippen molar-refractivity contribution in [1.29, 1.82) is 0 Å². The van der Waals surface area contributed by atoms with Gasteiger partial charge in [0, 0.05) is 22.1 Å². The predicted octanol–water partition coefficient (Wildman–Crippen LogP) is 6.67. The summed E-state index contributed by atoms with van der Waals surface area (Å²) in [5.41, 5.74) is 5.84. The Kier molecular flexibility index (Phi) is 5.19. The van der Waals surface area contributed by atoms with E-state index in [1.807, 2.05) is 56.7 Å². The van der Waals surface area contributed by atoms with Gasteiger partial charge in [-0.05, 0) is 62.9 Å². The van der Waals surface area contributed by atoms with Crippen molar-refractivity contribution in [2.75, 3.05) is 5.32 Å². The fraction of sp³-hybridized carbons (Fsp3) is 0.217. The average Bonchev–Trinajstić information content (AvgIpc) is 3.21. The van der Waals surface area contributed by atoms with E-state index in [0.717, 1.165) is 28.1 Å². The average molecular weight is 425 g/mol. The highest BCUT2D eigenvalue weighted by molar-refractivity contribution is 7.08. The van der Waals surface area contributed by atoms with Crippen LogP contribution in [0.3, 0.4) is 0 Å². The number of anilines is 1. The van der Waals surface area contributed by atoms with Crippen molar-refractivity contribution in [2.24, 2.45) is 0 Å². The number of aromatic nitrogens is 1. The SMILES string of the molecule is Cc1cc([C@@H](C)Nc2ccc(Cl)nc2C)c2oc(-c3ccsc3)c(C)c(=O)c2c1. The number of hydrogen-bond donors (Lipinski definition) is 1. The minimum Gasteiger partial charge on any atom is -0.455 e. The lowest BCUT2D eigenvalue weighted by Crippen LogP contribution is -2.13. The molecule has 0 saturated carbocycles. The number of fused-ring (bicyclic) bond motifs is 1. The van der Waals surface area contributed by atoms with Gasteiger partial charge in [-0.2, -0.15) is 11.3 Å². The highest BCUT2D eigenvalue weighted by atomic mass is 35.5. The molecule has 29 heavy (non-hydrogen) atoms. The highest BCUT2D eigenvalue weighted by Gasteiger charge is 2.19. The van der Waals surface area contributed by atoms with E-state index in [1.165, 1.54) is 0 Å². The van der Waals surface area contributed by atoms with Gasteiger partial charge in [0.2, 0.25) is 0 Å². The summed E-state index contributed by atoms with van der Waals surface area (Å²) < 4.78 is 6.34. The first kappa shape index (κ1) is 19.7. The second-order valence-corrected chi connectivity index (χ2v) is 8.43. The number of benzene rings is 1. The molecule has 3 aromatic heterocycles. The molecule has 3 heterocycles. The summed E-state index contributed by atoms with van der Waals surface area (Å²) in [6.07, 6.45) is 0. The third-order valence-corrected chi connectivity index (χ3v) is 5.96. The first-order valence-corrected chi connectivity index (χ1v) is 10.7. The zero-order valence-electron chi connectivity index (χ0n) is 16.7. The smallest absolute Gasteiger partial charge is 0.196 e. The molecule has 0 radical (unpaired) electrons. The molecular weight excluding hydrogens is 404 g/mol. The second kappa shape index (κ2) is 7.65. The van der Waals surface area contributed by atoms with Crippen LogP contribution in [0.5, 0.6) is 0 Å². The summed E-state index contributed by atoms with van der Waals surface area (Å²) in [5, 5.41) is 8.53. The molecule has 0 aliphatic rings. The number of pyridine rings is 1. The lowest BCUT2D eigenvalue weighted by Gasteiger charge is -2.19. The van der Waals surface area contributed by atoms with Crippen LogP contribution in [0.15, 0.2) is 50.3 Å². The summed E-state index contributed by atoms with van der Waals surface area (Å²) in [7, 11) is 0. The number of halogens is 1. The van der Waals surface area contributed by atoms with Gasteiger partial charge in [-0.3, -0.25) is 4.79 Å². The van der Waals surface area contributed by atoms with Crippen molar-refractivity contribution in [3.05, 3.63) is 78.9 Å². The molecule has 0 spiro atoms. The van der Waals surface area contributed by atoms with Crippen LogP contribution in [0.4, 0.5) is 5.69 Å². The summed E-state index contributed by atoms with van der Waals surface area (Å²) in [5.74, 6) is 0.630. The number of hydrogen-bond acceptors (Lipinski definition) is 5. The molecule has 6 heteroatoms. The third kappa shape index (κ3) is 3.68. The standard InChI is InChI=1S/C23H21ClN2O2S/c1-12-9-17(14(3)25-19-5-6-20(24)26-15(19)4)23-18(10-12)21(27)13(2)22(28-23)16-7-8-29-11-16/h5-11,14,25H,1-4H3/t14-/m1/s1. The quantitative estimate of drug-likeness (QED) is 0.372. The largest absolute Gasteiger partial charge is 0.455 e. The lowest BCUT2D eigenvalue weighted by atomic mass is 9.99. The third-order valence-electron chi connectivity index (χ3n) is 5.07. The van der Waals surface area contributed by atoms with Gasteiger partial charge in [0.25, 0.3) is 0 Å². The molecule has 0 fully saturated rings. The molecule has 1 aromatic carbocycles. The minimum atomic E-state index is -0.0970. The molecule has 1 N–H and O–H groups in total. The Bertz CT molecular complexity index is 1260. The van der Waals surface area contributed by atoms with Crippen LogP contribution in [0.2, 0.25) is 5.15 Å². The topological polar surface area (TPSA) is 55.1 Å². The predicted molar refractivity (Wildman–Crippen MR) is 121 cm³/mol. The van der Waals surface area contributed by atoms with Gasteiger partial charge in [0.05, 0.1) is 22.8 Å². The van der Waals surface area contributed by atoms with Crippen LogP contribution in [0.1, 0.15) is 35.3 Å². The normalized spacial score (nSPS) is 12.3. The first-order valence-electron chi connectivity index (χ1n) is 9.35. The number of nitrogens with one attached hydrogen (secondary N) is 1. The maximum Gasteiger partial charge on any atom is 0.196 e. The van der Waals surface area contributed by atoms with Gasteiger partial charge < -0.3 is 9.73 Å². The molecule has 0 aliphatic carbocycles. The molecule has 4 nitrogen and oxygen atoms in total. The Morgan fingerprint density at radius 1 is 1.17 bits per heavy atom. The van der Waals surface area contributed by atoms with Crippen LogP contribution < -0.4 is 10.7 Å². The van der Waals surface area contributed by atoms with Crippen molar-refractivity contribution in [1.82, 2.24) is 4.98 Å². The maximum atomic E-state index is 13.1. The van der Waals surface area contributed by atoms with E-state index in [-0.39, 0.29) is 11.5 Å². The molecule has 4 aromatic rings. The zero-order chi connectivity index (χ0) is 20.7. The lowest BCUT2D eigenvalue weighted by molar-refractivity contribution is 0.606. The fourth-order valence-electron chi connectivity index (χ4n) is 3.55. The zero-order valence-corrected chi connectivity index (χ0v) is 18.2. The van der Waals surface area contributed by atoms with Crippen LogP contribution in [-0.4, -0.2) is 4.98 Å². The number of nitrogens with zero attached hydrogens (tertiary/aromatic N) is 1. The number of rotatable bonds is 4. The van der Waals surface area contributed by atoms with Crippen molar-refractivity contribution < 1.29 is 4.42 Å². The van der Waals surface area contributed by atoms with Crippen molar-refractivity contribution in [2.45, 2.75) is 33.7 Å². The van der Waals surface area contributed by atoms with Gasteiger partial charge in [0.15, 0.2) is 5.43 Å². The van der Waals surface area contributed by atoms with Crippen LogP contribution >= 0.6 is 22.9 Å². The molecule has 148 valence electrons. The molecule has 1 atom stereocenters. The van der Waals surface area contributed by atoms with Gasteiger partial charge in [-0.1, -0.05) is 17.7 Å². The highest BCUT2D eigenvalue weighted by Crippen LogP contribution is 2.33. The summed E-state index contributed by atoms with van der Waals surface area (Å²) >= 11 is 7.56. The molecule has 0 unspecified atom stereocenters. The Balaban J connectivity index is 1.88. The van der Waals surface area contributed by atoms with Crippen molar-refractivity contribution in [3.8, 4) is 11.3 Å². The molecular formula is C23H21ClN2O2S. The minimum absolute atomic E-state index is 0.00828. The van der Waals surface area contributed by atoms with E-state index in [4.69, 9.17) is 16.0 Å². The van der Waals surface area contributed by atoms with E-state index in [9.17, 15) is 4.79 Å². The first-order chi connectivity index (χ1) is 13.8. The molecule has 0 amide bonds. The monoisotopic (exact) mass is 424 g/mol. The Labute approximate surface area is 178 Å². The Morgan fingerprint density at radius 2 is 1.97 bits per heavy atom. The van der Waals surface area contributed by atoms with Crippen LogP contribution in [0.25, 0.3) is 22.3 Å². The molecule has 0 saturated heterocycles. The second-order valence-electron chi connectivity index (χ2n) is 7.26. The van der Waals surface area contributed by atoms with E-state index < -0.39 is 0 Å². The van der Waals surface area contributed by atoms with Crippen molar-refractivity contribution in [3.63, 3.8) is 0 Å². The van der Waals surface area contributed by atoms with Gasteiger partial charge in [-0.25, -0.2) is 4.98 Å². The van der Waals surface area contributed by atoms with Crippen LogP contribution in [0, 0.1) is 20.8 Å². The summed E-state index contributed by atoms with van der Waals surface area (Å²) in [4.78, 5) is 17.4. The van der Waals surface area contributed by atoms with E-state index in [2.05, 4.69) is 16.4 Å². The van der Waals surface area contributed by atoms with Crippen LogP contribution in [-0.2, 0) is 0 Å².